The smallest absolute Gasteiger partial charge is 0.416 e. The van der Waals surface area contributed by atoms with Gasteiger partial charge in [-0.2, -0.15) is 18.3 Å². The minimum Gasteiger partial charge on any atom is -0.477 e. The molecule has 29 heavy (non-hydrogen) atoms. The number of nitrogens with one attached hydrogen (secondary N) is 1. The average Bonchev–Trinajstić information content (AvgIpc) is 3.20. The summed E-state index contributed by atoms with van der Waals surface area (Å²) in [6.07, 6.45) is -1.67. The number of hydrogen-bond donors (Lipinski definition) is 1. The summed E-state index contributed by atoms with van der Waals surface area (Å²) >= 11 is 0. The lowest BCUT2D eigenvalue weighted by molar-refractivity contribution is -0.385. The number of nitro benzene ring substituents is 1. The van der Waals surface area contributed by atoms with Crippen LogP contribution >= 0.6 is 0 Å². The third-order valence-corrected chi connectivity index (χ3v) is 3.77. The maximum atomic E-state index is 13.0. The molecule has 0 aliphatic carbocycles. The summed E-state index contributed by atoms with van der Waals surface area (Å²) in [4.78, 5) is 22.5. The molecule has 0 atom stereocenters. The standard InChI is InChI=1S/C18H13F3N4O4/c19-18(20,21)12-6-7-14(24-9-3-8-22-24)13(10-12)23-17(26)11-29-16-5-2-1-4-15(16)25(27)28/h1-10H,11H2,(H,23,26). The van der Waals surface area contributed by atoms with Gasteiger partial charge in [0.2, 0.25) is 0 Å². The molecule has 8 nitrogen and oxygen atoms in total. The summed E-state index contributed by atoms with van der Waals surface area (Å²) in [6.45, 7) is -0.639. The molecule has 3 rings (SSSR count). The van der Waals surface area contributed by atoms with Crippen LogP contribution < -0.4 is 10.1 Å². The molecule has 1 N–H and O–H groups in total. The Bertz CT molecular complexity index is 1040. The highest BCUT2D eigenvalue weighted by Gasteiger charge is 2.31. The van der Waals surface area contributed by atoms with Crippen molar-refractivity contribution in [3.63, 3.8) is 0 Å². The van der Waals surface area contributed by atoms with E-state index in [1.54, 1.807) is 6.07 Å². The Morgan fingerprint density at radius 3 is 2.62 bits per heavy atom. The third kappa shape index (κ3) is 4.69. The molecule has 0 bridgehead atoms. The van der Waals surface area contributed by atoms with Crippen molar-refractivity contribution in [2.24, 2.45) is 0 Å². The molecule has 150 valence electrons. The number of para-hydroxylation sites is 2. The van der Waals surface area contributed by atoms with Gasteiger partial charge < -0.3 is 10.1 Å². The van der Waals surface area contributed by atoms with Crippen LogP contribution in [0.3, 0.4) is 0 Å². The van der Waals surface area contributed by atoms with Crippen molar-refractivity contribution in [1.82, 2.24) is 9.78 Å². The quantitative estimate of drug-likeness (QED) is 0.496. The molecular formula is C18H13F3N4O4. The number of aromatic nitrogens is 2. The fourth-order valence-electron chi connectivity index (χ4n) is 2.48. The molecule has 0 fully saturated rings. The second-order valence-electron chi connectivity index (χ2n) is 5.74. The predicted octanol–water partition coefficient (Wildman–Crippen LogP) is 3.82. The fourth-order valence-corrected chi connectivity index (χ4v) is 2.48. The molecule has 0 saturated heterocycles. The van der Waals surface area contributed by atoms with E-state index >= 15 is 0 Å². The number of anilines is 1. The zero-order valence-corrected chi connectivity index (χ0v) is 14.6. The number of ether oxygens (including phenoxy) is 1. The molecular weight excluding hydrogens is 393 g/mol. The van der Waals surface area contributed by atoms with E-state index in [4.69, 9.17) is 4.74 Å². The highest BCUT2D eigenvalue weighted by atomic mass is 19.4. The Morgan fingerprint density at radius 2 is 1.97 bits per heavy atom. The molecule has 11 heteroatoms. The minimum atomic E-state index is -4.61. The lowest BCUT2D eigenvalue weighted by Crippen LogP contribution is -2.22. The second kappa shape index (κ2) is 8.00. The number of halogens is 3. The molecule has 1 amide bonds. The van der Waals surface area contributed by atoms with Crippen LogP contribution in [0.1, 0.15) is 5.56 Å². The SMILES string of the molecule is O=C(COc1ccccc1[N+](=O)[O-])Nc1cc(C(F)(F)F)ccc1-n1cccn1. The summed E-state index contributed by atoms with van der Waals surface area (Å²) in [5.41, 5.74) is -1.22. The van der Waals surface area contributed by atoms with Crippen LogP contribution in [0.15, 0.2) is 60.9 Å². The van der Waals surface area contributed by atoms with Crippen molar-refractivity contribution < 1.29 is 27.6 Å². The van der Waals surface area contributed by atoms with E-state index in [1.807, 2.05) is 0 Å². The van der Waals surface area contributed by atoms with Gasteiger partial charge in [0.15, 0.2) is 12.4 Å². The van der Waals surface area contributed by atoms with Gasteiger partial charge in [0.1, 0.15) is 0 Å². The van der Waals surface area contributed by atoms with Crippen LogP contribution in [0.25, 0.3) is 5.69 Å². The molecule has 3 aromatic rings. The zero-order chi connectivity index (χ0) is 21.0. The maximum Gasteiger partial charge on any atom is 0.416 e. The topological polar surface area (TPSA) is 99.3 Å². The number of rotatable bonds is 6. The Kier molecular flexibility index (Phi) is 5.48. The molecule has 1 aromatic heterocycles. The van der Waals surface area contributed by atoms with E-state index in [2.05, 4.69) is 10.4 Å². The Balaban J connectivity index is 1.81. The number of benzene rings is 2. The van der Waals surface area contributed by atoms with E-state index in [1.165, 1.54) is 47.4 Å². The van der Waals surface area contributed by atoms with Crippen molar-refractivity contribution >= 4 is 17.3 Å². The van der Waals surface area contributed by atoms with Gasteiger partial charge in [-0.05, 0) is 30.3 Å². The monoisotopic (exact) mass is 406 g/mol. The number of nitrogens with zero attached hydrogens (tertiary/aromatic N) is 3. The summed E-state index contributed by atoms with van der Waals surface area (Å²) in [6, 6.07) is 9.83. The lowest BCUT2D eigenvalue weighted by atomic mass is 10.1. The lowest BCUT2D eigenvalue weighted by Gasteiger charge is -2.15. The van der Waals surface area contributed by atoms with E-state index < -0.39 is 29.2 Å². The zero-order valence-electron chi connectivity index (χ0n) is 14.6. The molecule has 0 spiro atoms. The molecule has 0 aliphatic rings. The molecule has 0 radical (unpaired) electrons. The van der Waals surface area contributed by atoms with Gasteiger partial charge in [0, 0.05) is 18.5 Å². The van der Waals surface area contributed by atoms with Crippen LogP contribution in [0, 0.1) is 10.1 Å². The van der Waals surface area contributed by atoms with Gasteiger partial charge in [-0.1, -0.05) is 12.1 Å². The van der Waals surface area contributed by atoms with Crippen molar-refractivity contribution in [2.45, 2.75) is 6.18 Å². The molecule has 0 saturated carbocycles. The number of hydrogen-bond acceptors (Lipinski definition) is 5. The van der Waals surface area contributed by atoms with Gasteiger partial charge >= 0.3 is 11.9 Å². The number of carbonyl (C=O) groups excluding carboxylic acids is 1. The summed E-state index contributed by atoms with van der Waals surface area (Å²) in [7, 11) is 0. The van der Waals surface area contributed by atoms with Gasteiger partial charge in [0.25, 0.3) is 5.91 Å². The van der Waals surface area contributed by atoms with Crippen LogP contribution in [-0.2, 0) is 11.0 Å². The summed E-state index contributed by atoms with van der Waals surface area (Å²) in [5, 5.41) is 17.3. The fraction of sp³-hybridized carbons (Fsp3) is 0.111. The number of amides is 1. The van der Waals surface area contributed by atoms with E-state index in [0.717, 1.165) is 12.1 Å². The van der Waals surface area contributed by atoms with Gasteiger partial charge in [-0.25, -0.2) is 4.68 Å². The first-order chi connectivity index (χ1) is 13.8. The highest BCUT2D eigenvalue weighted by molar-refractivity contribution is 5.94. The summed E-state index contributed by atoms with van der Waals surface area (Å²) in [5.74, 6) is -0.931. The highest BCUT2D eigenvalue weighted by Crippen LogP contribution is 2.33. The predicted molar refractivity (Wildman–Crippen MR) is 95.8 cm³/mol. The first-order valence-electron chi connectivity index (χ1n) is 8.13. The maximum absolute atomic E-state index is 13.0. The Morgan fingerprint density at radius 1 is 1.21 bits per heavy atom. The normalized spacial score (nSPS) is 11.1. The third-order valence-electron chi connectivity index (χ3n) is 3.77. The molecule has 0 aliphatic heterocycles. The molecule has 1 heterocycles. The van der Waals surface area contributed by atoms with Crippen LogP contribution in [0.2, 0.25) is 0 Å². The number of nitro groups is 1. The van der Waals surface area contributed by atoms with Crippen LogP contribution in [-0.4, -0.2) is 27.2 Å². The average molecular weight is 406 g/mol. The van der Waals surface area contributed by atoms with Gasteiger partial charge in [0.05, 0.1) is 21.9 Å². The van der Waals surface area contributed by atoms with Crippen molar-refractivity contribution in [1.29, 1.82) is 0 Å². The summed E-state index contributed by atoms with van der Waals surface area (Å²) < 4.78 is 45.6. The van der Waals surface area contributed by atoms with Crippen LogP contribution in [0.5, 0.6) is 5.75 Å². The van der Waals surface area contributed by atoms with Crippen molar-refractivity contribution in [3.8, 4) is 11.4 Å². The van der Waals surface area contributed by atoms with Crippen LogP contribution in [0.4, 0.5) is 24.5 Å². The first kappa shape index (κ1) is 19.9. The van der Waals surface area contributed by atoms with Crippen molar-refractivity contribution in [2.75, 3.05) is 11.9 Å². The van der Waals surface area contributed by atoms with E-state index in [9.17, 15) is 28.1 Å². The second-order valence-corrected chi connectivity index (χ2v) is 5.74. The van der Waals surface area contributed by atoms with Gasteiger partial charge in [-0.3, -0.25) is 14.9 Å². The number of carbonyl (C=O) groups is 1. The largest absolute Gasteiger partial charge is 0.477 e. The number of alkyl halides is 3. The Labute approximate surface area is 161 Å². The Hall–Kier alpha value is -3.89. The van der Waals surface area contributed by atoms with E-state index in [-0.39, 0.29) is 22.8 Å². The van der Waals surface area contributed by atoms with Gasteiger partial charge in [-0.15, -0.1) is 0 Å². The molecule has 2 aromatic carbocycles. The van der Waals surface area contributed by atoms with E-state index in [0.29, 0.717) is 0 Å². The van der Waals surface area contributed by atoms with Crippen molar-refractivity contribution in [3.05, 3.63) is 76.6 Å². The minimum absolute atomic E-state index is 0.135. The first-order valence-corrected chi connectivity index (χ1v) is 8.13. The molecule has 0 unspecified atom stereocenters.